The molecule has 0 aliphatic heterocycles. The molecular formula is C14H19F2N. The fourth-order valence-electron chi connectivity index (χ4n) is 2.47. The van der Waals surface area contributed by atoms with E-state index in [4.69, 9.17) is 5.73 Å². The van der Waals surface area contributed by atoms with Crippen molar-refractivity contribution < 1.29 is 8.78 Å². The van der Waals surface area contributed by atoms with E-state index in [0.29, 0.717) is 0 Å². The Hall–Kier alpha value is -0.960. The first kappa shape index (κ1) is 12.5. The highest BCUT2D eigenvalue weighted by molar-refractivity contribution is 5.37. The number of aryl methyl sites for hydroxylation is 2. The molecule has 0 fully saturated rings. The van der Waals surface area contributed by atoms with Crippen LogP contribution < -0.4 is 5.73 Å². The Morgan fingerprint density at radius 3 is 2.47 bits per heavy atom. The van der Waals surface area contributed by atoms with Crippen molar-refractivity contribution in [2.75, 3.05) is 0 Å². The van der Waals surface area contributed by atoms with Crippen molar-refractivity contribution in [1.29, 1.82) is 0 Å². The van der Waals surface area contributed by atoms with Gasteiger partial charge in [-0.2, -0.15) is 0 Å². The minimum atomic E-state index is -2.84. The molecule has 0 saturated heterocycles. The van der Waals surface area contributed by atoms with Gasteiger partial charge in [0.15, 0.2) is 0 Å². The smallest absolute Gasteiger partial charge is 0.275 e. The van der Waals surface area contributed by atoms with Crippen molar-refractivity contribution in [3.05, 3.63) is 34.9 Å². The molecule has 1 aromatic carbocycles. The number of nitrogens with two attached hydrogens (primary N) is 1. The number of alkyl halides is 2. The topological polar surface area (TPSA) is 26.0 Å². The summed E-state index contributed by atoms with van der Waals surface area (Å²) in [5, 5.41) is 0. The van der Waals surface area contributed by atoms with Crippen molar-refractivity contribution in [3.63, 3.8) is 0 Å². The largest absolute Gasteiger partial charge is 0.325 e. The quantitative estimate of drug-likeness (QED) is 0.859. The summed E-state index contributed by atoms with van der Waals surface area (Å²) in [7, 11) is 0. The Balaban J connectivity index is 2.27. The zero-order valence-corrected chi connectivity index (χ0v) is 10.4. The molecule has 2 N–H and O–H groups in total. The lowest BCUT2D eigenvalue weighted by atomic mass is 9.92. The van der Waals surface area contributed by atoms with Gasteiger partial charge >= 0.3 is 0 Å². The van der Waals surface area contributed by atoms with Gasteiger partial charge < -0.3 is 5.73 Å². The van der Waals surface area contributed by atoms with Crippen LogP contribution in [0.4, 0.5) is 8.78 Å². The molecule has 17 heavy (non-hydrogen) atoms. The van der Waals surface area contributed by atoms with Gasteiger partial charge in [-0.25, -0.2) is 8.78 Å². The van der Waals surface area contributed by atoms with Gasteiger partial charge in [0.25, 0.3) is 5.92 Å². The second-order valence-electron chi connectivity index (χ2n) is 5.71. The van der Waals surface area contributed by atoms with E-state index in [1.807, 2.05) is 6.07 Å². The van der Waals surface area contributed by atoms with Crippen molar-refractivity contribution in [3.8, 4) is 0 Å². The number of halogens is 2. The maximum absolute atomic E-state index is 14.0. The third-order valence-corrected chi connectivity index (χ3v) is 3.20. The molecular weight excluding hydrogens is 220 g/mol. The molecule has 0 amide bonds. The minimum absolute atomic E-state index is 0.108. The van der Waals surface area contributed by atoms with Crippen LogP contribution in [0.3, 0.4) is 0 Å². The summed E-state index contributed by atoms with van der Waals surface area (Å²) in [5.41, 5.74) is 7.24. The van der Waals surface area contributed by atoms with Gasteiger partial charge in [-0.1, -0.05) is 12.1 Å². The van der Waals surface area contributed by atoms with Crippen LogP contribution in [0.25, 0.3) is 0 Å². The van der Waals surface area contributed by atoms with Crippen LogP contribution in [0.1, 0.15) is 43.4 Å². The Morgan fingerprint density at radius 2 is 1.82 bits per heavy atom. The minimum Gasteiger partial charge on any atom is -0.325 e. The van der Waals surface area contributed by atoms with Gasteiger partial charge in [0, 0.05) is 17.5 Å². The normalized spacial score (nSPS) is 16.1. The highest BCUT2D eigenvalue weighted by Crippen LogP contribution is 2.37. The van der Waals surface area contributed by atoms with E-state index >= 15 is 0 Å². The number of fused-ring (bicyclic) bond motifs is 1. The van der Waals surface area contributed by atoms with Crippen molar-refractivity contribution in [1.82, 2.24) is 0 Å². The second kappa shape index (κ2) is 4.05. The lowest BCUT2D eigenvalue weighted by Gasteiger charge is -2.26. The lowest BCUT2D eigenvalue weighted by molar-refractivity contribution is -0.0296. The van der Waals surface area contributed by atoms with Gasteiger partial charge in [-0.15, -0.1) is 0 Å². The number of hydrogen-bond acceptors (Lipinski definition) is 1. The lowest BCUT2D eigenvalue weighted by Crippen LogP contribution is -2.38. The van der Waals surface area contributed by atoms with E-state index in [1.165, 1.54) is 5.56 Å². The van der Waals surface area contributed by atoms with E-state index in [9.17, 15) is 8.78 Å². The average Bonchev–Trinajstić information content (AvgIpc) is 2.59. The van der Waals surface area contributed by atoms with Crippen LogP contribution in [-0.2, 0) is 18.8 Å². The maximum atomic E-state index is 14.0. The Kier molecular flexibility index (Phi) is 2.98. The van der Waals surface area contributed by atoms with E-state index in [0.717, 1.165) is 24.8 Å². The van der Waals surface area contributed by atoms with E-state index in [1.54, 1.807) is 26.0 Å². The predicted octanol–water partition coefficient (Wildman–Crippen LogP) is 3.39. The maximum Gasteiger partial charge on any atom is 0.275 e. The first-order valence-electron chi connectivity index (χ1n) is 6.07. The van der Waals surface area contributed by atoms with Crippen molar-refractivity contribution >= 4 is 0 Å². The summed E-state index contributed by atoms with van der Waals surface area (Å²) in [6.07, 6.45) is 2.69. The Labute approximate surface area is 101 Å². The van der Waals surface area contributed by atoms with E-state index < -0.39 is 11.5 Å². The van der Waals surface area contributed by atoms with E-state index in [-0.39, 0.29) is 12.0 Å². The molecule has 0 atom stereocenters. The van der Waals surface area contributed by atoms with Gasteiger partial charge in [0.05, 0.1) is 0 Å². The monoisotopic (exact) mass is 239 g/mol. The fraction of sp³-hybridized carbons (Fsp3) is 0.571. The highest BCUT2D eigenvalue weighted by atomic mass is 19.3. The van der Waals surface area contributed by atoms with Crippen molar-refractivity contribution in [2.45, 2.75) is 51.0 Å². The van der Waals surface area contributed by atoms with E-state index in [2.05, 4.69) is 0 Å². The zero-order chi connectivity index (χ0) is 12.7. The molecule has 0 heterocycles. The molecule has 0 spiro atoms. The summed E-state index contributed by atoms with van der Waals surface area (Å²) in [6.45, 7) is 3.27. The standard InChI is InChI=1S/C14H19F2N/c1-13(2,17)9-14(15,16)12-7-6-10-4-3-5-11(10)8-12/h6-8H,3-5,9,17H2,1-2H3. The molecule has 3 heteroatoms. The zero-order valence-electron chi connectivity index (χ0n) is 10.4. The summed E-state index contributed by atoms with van der Waals surface area (Å²) < 4.78 is 28.1. The number of rotatable bonds is 3. The van der Waals surface area contributed by atoms with Crippen LogP contribution in [0, 0.1) is 0 Å². The molecule has 0 saturated carbocycles. The van der Waals surface area contributed by atoms with Gasteiger partial charge in [-0.3, -0.25) is 0 Å². The second-order valence-corrected chi connectivity index (χ2v) is 5.71. The molecule has 1 aliphatic carbocycles. The van der Waals surface area contributed by atoms with Crippen LogP contribution in [-0.4, -0.2) is 5.54 Å². The van der Waals surface area contributed by atoms with Gasteiger partial charge in [0.1, 0.15) is 0 Å². The summed E-state index contributed by atoms with van der Waals surface area (Å²) in [6, 6.07) is 5.05. The summed E-state index contributed by atoms with van der Waals surface area (Å²) in [5.74, 6) is -2.84. The Morgan fingerprint density at radius 1 is 1.18 bits per heavy atom. The van der Waals surface area contributed by atoms with Crippen LogP contribution in [0.5, 0.6) is 0 Å². The SMILES string of the molecule is CC(C)(N)CC(F)(F)c1ccc2c(c1)CCC2. The molecule has 0 unspecified atom stereocenters. The number of hydrogen-bond donors (Lipinski definition) is 1. The fourth-order valence-corrected chi connectivity index (χ4v) is 2.47. The highest BCUT2D eigenvalue weighted by Gasteiger charge is 2.37. The predicted molar refractivity (Wildman–Crippen MR) is 65.2 cm³/mol. The van der Waals surface area contributed by atoms with Crippen LogP contribution in [0.15, 0.2) is 18.2 Å². The molecule has 1 aliphatic rings. The molecule has 0 bridgehead atoms. The Bertz CT molecular complexity index is 419. The van der Waals surface area contributed by atoms with Crippen LogP contribution in [0.2, 0.25) is 0 Å². The summed E-state index contributed by atoms with van der Waals surface area (Å²) in [4.78, 5) is 0. The molecule has 0 aromatic heterocycles. The molecule has 1 nitrogen and oxygen atoms in total. The van der Waals surface area contributed by atoms with Gasteiger partial charge in [-0.05, 0) is 50.3 Å². The number of benzene rings is 1. The van der Waals surface area contributed by atoms with Gasteiger partial charge in [0.2, 0.25) is 0 Å². The first-order chi connectivity index (χ1) is 7.78. The van der Waals surface area contributed by atoms with Crippen molar-refractivity contribution in [2.24, 2.45) is 5.73 Å². The third kappa shape index (κ3) is 2.83. The molecule has 94 valence electrons. The third-order valence-electron chi connectivity index (χ3n) is 3.20. The first-order valence-corrected chi connectivity index (χ1v) is 6.07. The van der Waals surface area contributed by atoms with Crippen LogP contribution >= 0.6 is 0 Å². The molecule has 1 aromatic rings. The molecule has 0 radical (unpaired) electrons. The average molecular weight is 239 g/mol. The molecule has 2 rings (SSSR count). The summed E-state index contributed by atoms with van der Waals surface area (Å²) >= 11 is 0.